The van der Waals surface area contributed by atoms with Gasteiger partial charge in [0, 0.05) is 19.1 Å². The van der Waals surface area contributed by atoms with Crippen molar-refractivity contribution < 1.29 is 9.53 Å². The second-order valence-corrected chi connectivity index (χ2v) is 7.90. The molecule has 0 unspecified atom stereocenters. The van der Waals surface area contributed by atoms with E-state index in [1.807, 2.05) is 31.2 Å². The van der Waals surface area contributed by atoms with Crippen LogP contribution in [0.3, 0.4) is 0 Å². The zero-order valence-electron chi connectivity index (χ0n) is 16.7. The highest BCUT2D eigenvalue weighted by atomic mass is 16.5. The predicted molar refractivity (Wildman–Crippen MR) is 111 cm³/mol. The second-order valence-electron chi connectivity index (χ2n) is 7.90. The summed E-state index contributed by atoms with van der Waals surface area (Å²) in [5.74, 6) is 1.52. The van der Waals surface area contributed by atoms with E-state index in [0.717, 1.165) is 49.1 Å². The number of aromatic nitrogens is 2. The van der Waals surface area contributed by atoms with E-state index in [0.29, 0.717) is 25.1 Å². The molecule has 1 aliphatic carbocycles. The van der Waals surface area contributed by atoms with Crippen LogP contribution in [0.2, 0.25) is 0 Å². The maximum Gasteiger partial charge on any atom is 0.258 e. The first-order valence-electron chi connectivity index (χ1n) is 10.7. The number of para-hydroxylation sites is 2. The van der Waals surface area contributed by atoms with E-state index in [2.05, 4.69) is 15.2 Å². The zero-order valence-corrected chi connectivity index (χ0v) is 16.7. The van der Waals surface area contributed by atoms with E-state index in [9.17, 15) is 4.79 Å². The molecule has 0 bridgehead atoms. The summed E-state index contributed by atoms with van der Waals surface area (Å²) in [7, 11) is 0. The Balaban J connectivity index is 1.52. The lowest BCUT2D eigenvalue weighted by molar-refractivity contribution is -0.126. The van der Waals surface area contributed by atoms with Gasteiger partial charge >= 0.3 is 0 Å². The second kappa shape index (κ2) is 8.76. The molecule has 1 saturated heterocycles. The third-order valence-electron chi connectivity index (χ3n) is 5.85. The molecule has 1 atom stereocenters. The first kappa shape index (κ1) is 19.0. The Labute approximate surface area is 166 Å². The van der Waals surface area contributed by atoms with Crippen LogP contribution in [0.4, 0.5) is 5.82 Å². The monoisotopic (exact) mass is 382 g/mol. The van der Waals surface area contributed by atoms with Gasteiger partial charge in [0.1, 0.15) is 0 Å². The maximum atomic E-state index is 12.9. The highest BCUT2D eigenvalue weighted by Crippen LogP contribution is 2.31. The fourth-order valence-corrected chi connectivity index (χ4v) is 4.36. The molecule has 1 aromatic heterocycles. The quantitative estimate of drug-likeness (QED) is 0.854. The van der Waals surface area contributed by atoms with Crippen molar-refractivity contribution in [3.05, 3.63) is 24.3 Å². The van der Waals surface area contributed by atoms with Crippen molar-refractivity contribution in [1.82, 2.24) is 15.3 Å². The highest BCUT2D eigenvalue weighted by molar-refractivity contribution is 5.81. The third kappa shape index (κ3) is 4.21. The number of carbonyl (C=O) groups excluding carboxylic acids is 1. The van der Waals surface area contributed by atoms with Crippen molar-refractivity contribution in [3.8, 4) is 5.88 Å². The first-order chi connectivity index (χ1) is 13.7. The first-order valence-corrected chi connectivity index (χ1v) is 10.7. The van der Waals surface area contributed by atoms with E-state index in [1.54, 1.807) is 0 Å². The van der Waals surface area contributed by atoms with Crippen molar-refractivity contribution in [3.63, 3.8) is 0 Å². The van der Waals surface area contributed by atoms with Gasteiger partial charge in [0.25, 0.3) is 5.88 Å². The minimum Gasteiger partial charge on any atom is -0.475 e. The standard InChI is InChI=1S/C22H30N4O2/c1-2-28-22-20(24-18-12-6-7-13-19(18)25-22)26-14-8-9-16(15-26)21(27)23-17-10-4-3-5-11-17/h6-7,12-13,16-17H,2-5,8-11,14-15H2,1H3,(H,23,27)/t16-/m1/s1. The molecular weight excluding hydrogens is 352 g/mol. The molecule has 2 aliphatic rings. The minimum absolute atomic E-state index is 0.00146. The summed E-state index contributed by atoms with van der Waals surface area (Å²) >= 11 is 0. The smallest absolute Gasteiger partial charge is 0.258 e. The Hall–Kier alpha value is -2.37. The number of piperidine rings is 1. The molecule has 2 aromatic rings. The van der Waals surface area contributed by atoms with E-state index in [1.165, 1.54) is 19.3 Å². The van der Waals surface area contributed by atoms with E-state index in [4.69, 9.17) is 9.72 Å². The van der Waals surface area contributed by atoms with Crippen LogP contribution in [0.25, 0.3) is 11.0 Å². The number of hydrogen-bond donors (Lipinski definition) is 1. The number of nitrogens with zero attached hydrogens (tertiary/aromatic N) is 3. The number of ether oxygens (including phenoxy) is 1. The van der Waals surface area contributed by atoms with E-state index in [-0.39, 0.29) is 11.8 Å². The van der Waals surface area contributed by atoms with Gasteiger partial charge in [0.15, 0.2) is 5.82 Å². The molecule has 28 heavy (non-hydrogen) atoms. The Kier molecular flexibility index (Phi) is 5.93. The third-order valence-corrected chi connectivity index (χ3v) is 5.85. The lowest BCUT2D eigenvalue weighted by Crippen LogP contribution is -2.46. The Morgan fingerprint density at radius 1 is 1.11 bits per heavy atom. The number of carbonyl (C=O) groups is 1. The lowest BCUT2D eigenvalue weighted by atomic mass is 9.93. The van der Waals surface area contributed by atoms with Gasteiger partial charge in [0.2, 0.25) is 5.91 Å². The Morgan fingerprint density at radius 2 is 1.86 bits per heavy atom. The van der Waals surface area contributed by atoms with Crippen LogP contribution in [0.1, 0.15) is 51.9 Å². The molecule has 4 rings (SSSR count). The van der Waals surface area contributed by atoms with Gasteiger partial charge in [-0.1, -0.05) is 31.4 Å². The fraction of sp³-hybridized carbons (Fsp3) is 0.591. The molecule has 1 amide bonds. The van der Waals surface area contributed by atoms with Crippen LogP contribution in [0.5, 0.6) is 5.88 Å². The number of rotatable bonds is 5. The zero-order chi connectivity index (χ0) is 19.3. The molecule has 1 aliphatic heterocycles. The van der Waals surface area contributed by atoms with Gasteiger partial charge in [-0.05, 0) is 44.7 Å². The molecule has 2 heterocycles. The molecule has 6 nitrogen and oxygen atoms in total. The molecular formula is C22H30N4O2. The van der Waals surface area contributed by atoms with Gasteiger partial charge in [0.05, 0.1) is 23.6 Å². The van der Waals surface area contributed by atoms with Gasteiger partial charge in [-0.3, -0.25) is 4.79 Å². The molecule has 2 fully saturated rings. The summed E-state index contributed by atoms with van der Waals surface area (Å²) < 4.78 is 5.80. The number of hydrogen-bond acceptors (Lipinski definition) is 5. The van der Waals surface area contributed by atoms with Crippen LogP contribution in [-0.2, 0) is 4.79 Å². The number of amides is 1. The van der Waals surface area contributed by atoms with Crippen molar-refractivity contribution in [2.75, 3.05) is 24.6 Å². The lowest BCUT2D eigenvalue weighted by Gasteiger charge is -2.34. The summed E-state index contributed by atoms with van der Waals surface area (Å²) in [5.41, 5.74) is 1.69. The molecule has 6 heteroatoms. The molecule has 1 aromatic carbocycles. The van der Waals surface area contributed by atoms with Gasteiger partial charge in [-0.25, -0.2) is 9.97 Å². The van der Waals surface area contributed by atoms with Crippen molar-refractivity contribution in [2.45, 2.75) is 57.9 Å². The number of fused-ring (bicyclic) bond motifs is 1. The van der Waals surface area contributed by atoms with Crippen LogP contribution in [0.15, 0.2) is 24.3 Å². The molecule has 1 saturated carbocycles. The average molecular weight is 383 g/mol. The summed E-state index contributed by atoms with van der Waals surface area (Å²) in [4.78, 5) is 24.6. The summed E-state index contributed by atoms with van der Waals surface area (Å²) in [6.45, 7) is 4.04. The number of nitrogens with one attached hydrogen (secondary N) is 1. The summed E-state index contributed by atoms with van der Waals surface area (Å²) in [5, 5.41) is 3.30. The average Bonchev–Trinajstić information content (AvgIpc) is 2.74. The fourth-order valence-electron chi connectivity index (χ4n) is 4.36. The van der Waals surface area contributed by atoms with Gasteiger partial charge in [-0.15, -0.1) is 0 Å². The minimum atomic E-state index is -0.00146. The molecule has 150 valence electrons. The largest absolute Gasteiger partial charge is 0.475 e. The highest BCUT2D eigenvalue weighted by Gasteiger charge is 2.30. The van der Waals surface area contributed by atoms with Crippen LogP contribution in [-0.4, -0.2) is 41.6 Å². The molecule has 0 radical (unpaired) electrons. The van der Waals surface area contributed by atoms with Gasteiger partial charge in [-0.2, -0.15) is 0 Å². The van der Waals surface area contributed by atoms with E-state index >= 15 is 0 Å². The van der Waals surface area contributed by atoms with Crippen molar-refractivity contribution >= 4 is 22.8 Å². The van der Waals surface area contributed by atoms with E-state index < -0.39 is 0 Å². The Bertz CT molecular complexity index is 819. The predicted octanol–water partition coefficient (Wildman–Crippen LogP) is 3.69. The maximum absolute atomic E-state index is 12.9. The summed E-state index contributed by atoms with van der Waals surface area (Å²) in [6.07, 6.45) is 7.89. The van der Waals surface area contributed by atoms with Crippen LogP contribution < -0.4 is 15.0 Å². The molecule has 1 N–H and O–H groups in total. The number of benzene rings is 1. The molecule has 0 spiro atoms. The van der Waals surface area contributed by atoms with Crippen LogP contribution in [0, 0.1) is 5.92 Å². The Morgan fingerprint density at radius 3 is 2.61 bits per heavy atom. The topological polar surface area (TPSA) is 67.4 Å². The SMILES string of the molecule is CCOc1nc2ccccc2nc1N1CCC[C@@H](C(=O)NC2CCCCC2)C1. The normalized spacial score (nSPS) is 20.9. The number of anilines is 1. The van der Waals surface area contributed by atoms with Crippen molar-refractivity contribution in [2.24, 2.45) is 5.92 Å². The van der Waals surface area contributed by atoms with Gasteiger partial charge < -0.3 is 15.0 Å². The summed E-state index contributed by atoms with van der Waals surface area (Å²) in [6, 6.07) is 8.21. The van der Waals surface area contributed by atoms with Crippen molar-refractivity contribution in [1.29, 1.82) is 0 Å². The van der Waals surface area contributed by atoms with Crippen LogP contribution >= 0.6 is 0 Å².